The first kappa shape index (κ1) is 18.6. The Morgan fingerprint density at radius 2 is 1.72 bits per heavy atom. The fourth-order valence-electron chi connectivity index (χ4n) is 2.10. The topological polar surface area (TPSA) is 99.0 Å². The third-order valence-corrected chi connectivity index (χ3v) is 3.15. The van der Waals surface area contributed by atoms with Gasteiger partial charge in [0.25, 0.3) is 5.69 Å². The highest BCUT2D eigenvalue weighted by Gasteiger charge is 2.43. The van der Waals surface area contributed by atoms with Crippen molar-refractivity contribution in [3.63, 3.8) is 0 Å². The number of halogens is 4. The summed E-state index contributed by atoms with van der Waals surface area (Å²) in [6, 6.07) is 0.120. The van der Waals surface area contributed by atoms with Gasteiger partial charge in [-0.05, 0) is 13.1 Å². The van der Waals surface area contributed by atoms with Crippen LogP contribution < -0.4 is 5.46 Å². The van der Waals surface area contributed by atoms with Crippen molar-refractivity contribution < 1.29 is 41.4 Å². The van der Waals surface area contributed by atoms with Crippen LogP contribution in [-0.4, -0.2) is 49.0 Å². The van der Waals surface area contributed by atoms with Gasteiger partial charge < -0.3 is 9.31 Å². The lowest BCUT2D eigenvalue weighted by Crippen LogP contribution is -2.49. The van der Waals surface area contributed by atoms with Crippen molar-refractivity contribution >= 4 is 30.2 Å². The minimum Gasteiger partial charge on any atom is -0.494 e. The molecular weight excluding hydrogens is 355 g/mol. The first-order valence-electron chi connectivity index (χ1n) is 6.61. The number of nitro groups is 1. The minimum absolute atomic E-state index is 0.111. The number of alkyl halides is 3. The monoisotopic (exact) mass is 364 g/mol. The summed E-state index contributed by atoms with van der Waals surface area (Å²) in [6.07, 6.45) is -5.18. The molecule has 1 fully saturated rings. The van der Waals surface area contributed by atoms with Crippen LogP contribution in [0.15, 0.2) is 12.1 Å². The largest absolute Gasteiger partial charge is 0.639 e. The van der Waals surface area contributed by atoms with Crippen LogP contribution in [0.25, 0.3) is 0 Å². The number of carbonyl (C=O) groups is 2. The molecule has 1 aliphatic rings. The van der Waals surface area contributed by atoms with E-state index in [0.717, 1.165) is 0 Å². The van der Waals surface area contributed by atoms with Gasteiger partial charge >= 0.3 is 25.2 Å². The van der Waals surface area contributed by atoms with Crippen LogP contribution in [-0.2, 0) is 25.1 Å². The van der Waals surface area contributed by atoms with Crippen molar-refractivity contribution in [3.05, 3.63) is 33.6 Å². The lowest BCUT2D eigenvalue weighted by atomic mass is 9.77. The number of nitro benzene ring substituents is 1. The predicted molar refractivity (Wildman–Crippen MR) is 73.1 cm³/mol. The Morgan fingerprint density at radius 3 is 2.16 bits per heavy atom. The maximum atomic E-state index is 14.1. The highest BCUT2D eigenvalue weighted by molar-refractivity contribution is 6.64. The highest BCUT2D eigenvalue weighted by atomic mass is 19.4. The molecule has 0 aliphatic carbocycles. The summed E-state index contributed by atoms with van der Waals surface area (Å²) in [5, 5.41) is 10.9. The molecule has 13 heteroatoms. The normalized spacial score (nSPS) is 16.8. The Hall–Kier alpha value is -2.70. The standard InChI is InChI=1S/C12H9BF4N2O6/c1-18-4-10(20)24-13(25-11(21)5-18)7-3-9(19(22)23)6(2-8(7)14)12(15,16)17/h2-3H,4-5H2,1H3. The van der Waals surface area contributed by atoms with E-state index in [1.54, 1.807) is 0 Å². The van der Waals surface area contributed by atoms with Crippen molar-refractivity contribution in [2.45, 2.75) is 6.18 Å². The van der Waals surface area contributed by atoms with E-state index < -0.39 is 52.7 Å². The molecule has 0 unspecified atom stereocenters. The summed E-state index contributed by atoms with van der Waals surface area (Å²) in [7, 11) is -0.637. The fraction of sp³-hybridized carbons (Fsp3) is 0.333. The van der Waals surface area contributed by atoms with E-state index in [-0.39, 0.29) is 25.2 Å². The van der Waals surface area contributed by atoms with E-state index in [0.29, 0.717) is 0 Å². The van der Waals surface area contributed by atoms with Crippen molar-refractivity contribution in [1.82, 2.24) is 4.90 Å². The first-order chi connectivity index (χ1) is 11.5. The lowest BCUT2D eigenvalue weighted by Gasteiger charge is -2.23. The smallest absolute Gasteiger partial charge is 0.494 e. The Bertz CT molecular complexity index is 721. The zero-order valence-electron chi connectivity index (χ0n) is 12.5. The maximum Gasteiger partial charge on any atom is 0.639 e. The third kappa shape index (κ3) is 4.23. The van der Waals surface area contributed by atoms with Crippen molar-refractivity contribution in [3.8, 4) is 0 Å². The second-order valence-electron chi connectivity index (χ2n) is 5.13. The molecule has 0 aromatic heterocycles. The average Bonchev–Trinajstić information content (AvgIpc) is 2.43. The molecule has 0 spiro atoms. The number of hydrogen-bond donors (Lipinski definition) is 0. The van der Waals surface area contributed by atoms with Crippen molar-refractivity contribution in [2.24, 2.45) is 0 Å². The van der Waals surface area contributed by atoms with Gasteiger partial charge in [-0.3, -0.25) is 24.6 Å². The minimum atomic E-state index is -5.18. The third-order valence-electron chi connectivity index (χ3n) is 3.15. The van der Waals surface area contributed by atoms with Crippen molar-refractivity contribution in [1.29, 1.82) is 0 Å². The first-order valence-corrected chi connectivity index (χ1v) is 6.61. The SMILES string of the molecule is CN1CC(=O)OB(c2cc([N+](=O)[O-])c(C(F)(F)F)cc2F)OC(=O)C1. The molecule has 134 valence electrons. The molecule has 2 rings (SSSR count). The summed E-state index contributed by atoms with van der Waals surface area (Å²) < 4.78 is 61.8. The number of carbonyl (C=O) groups excluding carboxylic acids is 2. The van der Waals surface area contributed by atoms with Crippen LogP contribution in [0.1, 0.15) is 5.56 Å². The molecule has 1 aliphatic heterocycles. The van der Waals surface area contributed by atoms with Gasteiger partial charge in [0, 0.05) is 6.07 Å². The predicted octanol–water partition coefficient (Wildman–Crippen LogP) is 0.480. The van der Waals surface area contributed by atoms with E-state index in [1.807, 2.05) is 0 Å². The van der Waals surface area contributed by atoms with Gasteiger partial charge in [-0.2, -0.15) is 13.2 Å². The van der Waals surface area contributed by atoms with Gasteiger partial charge in [0.05, 0.1) is 23.5 Å². The van der Waals surface area contributed by atoms with Crippen LogP contribution in [0.5, 0.6) is 0 Å². The lowest BCUT2D eigenvalue weighted by molar-refractivity contribution is -0.388. The molecule has 0 bridgehead atoms. The Labute approximate surface area is 137 Å². The zero-order valence-corrected chi connectivity index (χ0v) is 12.5. The molecular formula is C12H9BF4N2O6. The second kappa shape index (κ2) is 6.66. The maximum absolute atomic E-state index is 14.1. The van der Waals surface area contributed by atoms with Gasteiger partial charge in [0.15, 0.2) is 0 Å². The molecule has 8 nitrogen and oxygen atoms in total. The zero-order chi connectivity index (χ0) is 18.9. The number of likely N-dealkylation sites (N-methyl/N-ethyl adjacent to an activating group) is 1. The van der Waals surface area contributed by atoms with Gasteiger partial charge in [-0.25, -0.2) is 4.39 Å². The molecule has 1 aromatic carbocycles. The Morgan fingerprint density at radius 1 is 1.20 bits per heavy atom. The summed E-state index contributed by atoms with van der Waals surface area (Å²) in [5.41, 5.74) is -4.15. The van der Waals surface area contributed by atoms with E-state index in [9.17, 15) is 37.3 Å². The van der Waals surface area contributed by atoms with E-state index >= 15 is 0 Å². The summed E-state index contributed by atoms with van der Waals surface area (Å²) in [6.45, 7) is -0.730. The molecule has 0 N–H and O–H groups in total. The number of rotatable bonds is 2. The van der Waals surface area contributed by atoms with Crippen LogP contribution in [0, 0.1) is 15.9 Å². The highest BCUT2D eigenvalue weighted by Crippen LogP contribution is 2.36. The average molecular weight is 364 g/mol. The molecule has 25 heavy (non-hydrogen) atoms. The van der Waals surface area contributed by atoms with Gasteiger partial charge in [-0.1, -0.05) is 0 Å². The van der Waals surface area contributed by atoms with Crippen LogP contribution in [0.2, 0.25) is 0 Å². The molecule has 0 radical (unpaired) electrons. The molecule has 1 aromatic rings. The Kier molecular flexibility index (Phi) is 4.97. The number of benzene rings is 1. The van der Waals surface area contributed by atoms with Gasteiger partial charge in [-0.15, -0.1) is 0 Å². The number of hydrogen-bond acceptors (Lipinski definition) is 7. The van der Waals surface area contributed by atoms with Crippen LogP contribution in [0.3, 0.4) is 0 Å². The van der Waals surface area contributed by atoms with E-state index in [4.69, 9.17) is 9.31 Å². The summed E-state index contributed by atoms with van der Waals surface area (Å²) >= 11 is 0. The molecule has 1 saturated heterocycles. The van der Waals surface area contributed by atoms with E-state index in [2.05, 4.69) is 0 Å². The van der Waals surface area contributed by atoms with Gasteiger partial charge in [0.2, 0.25) is 0 Å². The van der Waals surface area contributed by atoms with Gasteiger partial charge in [0.1, 0.15) is 11.4 Å². The summed E-state index contributed by atoms with van der Waals surface area (Å²) in [5.74, 6) is -3.48. The fourth-order valence-corrected chi connectivity index (χ4v) is 2.10. The number of nitrogens with zero attached hydrogens (tertiary/aromatic N) is 2. The van der Waals surface area contributed by atoms with E-state index in [1.165, 1.54) is 11.9 Å². The molecule has 0 amide bonds. The molecule has 1 heterocycles. The quantitative estimate of drug-likeness (QED) is 0.326. The molecule has 0 atom stereocenters. The summed E-state index contributed by atoms with van der Waals surface area (Å²) in [4.78, 5) is 33.9. The second-order valence-corrected chi connectivity index (χ2v) is 5.13. The van der Waals surface area contributed by atoms with Crippen LogP contribution in [0.4, 0.5) is 23.2 Å². The molecule has 0 saturated carbocycles. The van der Waals surface area contributed by atoms with Crippen molar-refractivity contribution in [2.75, 3.05) is 20.1 Å². The Balaban J connectivity index is 2.50. The van der Waals surface area contributed by atoms with Crippen LogP contribution >= 0.6 is 0 Å².